The van der Waals surface area contributed by atoms with E-state index in [1.54, 1.807) is 30.6 Å². The second-order valence-electron chi connectivity index (χ2n) is 4.36. The average molecular weight is 307 g/mol. The van der Waals surface area contributed by atoms with E-state index in [4.69, 9.17) is 0 Å². The maximum Gasteiger partial charge on any atom is 0.269 e. The van der Waals surface area contributed by atoms with E-state index in [0.717, 1.165) is 5.56 Å². The molecule has 0 aliphatic rings. The van der Waals surface area contributed by atoms with Gasteiger partial charge in [0.15, 0.2) is 0 Å². The highest BCUT2D eigenvalue weighted by molar-refractivity contribution is 7.88. The third kappa shape index (κ3) is 4.62. The molecule has 1 N–H and O–H groups in total. The van der Waals surface area contributed by atoms with Gasteiger partial charge in [0.1, 0.15) is 0 Å². The molecule has 0 atom stereocenters. The summed E-state index contributed by atoms with van der Waals surface area (Å²) in [5.41, 5.74) is 1.02. The Bertz CT molecular complexity index is 732. The van der Waals surface area contributed by atoms with Crippen LogP contribution in [0.3, 0.4) is 0 Å². The van der Waals surface area contributed by atoms with Crippen LogP contribution in [0.5, 0.6) is 0 Å². The van der Waals surface area contributed by atoms with Crippen molar-refractivity contribution in [2.45, 2.75) is 12.3 Å². The molecule has 2 rings (SSSR count). The summed E-state index contributed by atoms with van der Waals surface area (Å²) in [7, 11) is -3.57. The van der Waals surface area contributed by atoms with Gasteiger partial charge in [-0.25, -0.2) is 13.1 Å². The predicted octanol–water partition coefficient (Wildman–Crippen LogP) is 1.61. The predicted molar refractivity (Wildman–Crippen MR) is 76.8 cm³/mol. The highest BCUT2D eigenvalue weighted by Gasteiger charge is 2.14. The number of pyridine rings is 1. The lowest BCUT2D eigenvalue weighted by molar-refractivity contribution is -0.384. The molecule has 0 saturated heterocycles. The fourth-order valence-corrected chi connectivity index (χ4v) is 2.83. The Balaban J connectivity index is 2.04. The number of non-ortho nitro benzene ring substituents is 1. The molecule has 8 heteroatoms. The summed E-state index contributed by atoms with van der Waals surface area (Å²) < 4.78 is 26.4. The average Bonchev–Trinajstić information content (AvgIpc) is 2.46. The van der Waals surface area contributed by atoms with Crippen molar-refractivity contribution in [3.8, 4) is 0 Å². The summed E-state index contributed by atoms with van der Waals surface area (Å²) >= 11 is 0. The van der Waals surface area contributed by atoms with Crippen molar-refractivity contribution < 1.29 is 13.3 Å². The highest BCUT2D eigenvalue weighted by Crippen LogP contribution is 2.15. The fourth-order valence-electron chi connectivity index (χ4n) is 1.72. The van der Waals surface area contributed by atoms with Crippen molar-refractivity contribution in [2.75, 3.05) is 0 Å². The Morgan fingerprint density at radius 3 is 2.52 bits per heavy atom. The van der Waals surface area contributed by atoms with Gasteiger partial charge in [0.05, 0.1) is 10.7 Å². The molecule has 0 bridgehead atoms. The minimum atomic E-state index is -3.57. The van der Waals surface area contributed by atoms with Gasteiger partial charge < -0.3 is 0 Å². The Morgan fingerprint density at radius 1 is 1.14 bits per heavy atom. The first-order chi connectivity index (χ1) is 9.96. The lowest BCUT2D eigenvalue weighted by Crippen LogP contribution is -2.24. The van der Waals surface area contributed by atoms with Gasteiger partial charge in [-0.2, -0.15) is 0 Å². The number of aromatic nitrogens is 1. The highest BCUT2D eigenvalue weighted by atomic mass is 32.2. The van der Waals surface area contributed by atoms with Crippen LogP contribution in [0.15, 0.2) is 48.8 Å². The zero-order valence-electron chi connectivity index (χ0n) is 11.0. The summed E-state index contributed by atoms with van der Waals surface area (Å²) in [4.78, 5) is 14.0. The summed E-state index contributed by atoms with van der Waals surface area (Å²) in [6, 6.07) is 8.99. The van der Waals surface area contributed by atoms with Crippen molar-refractivity contribution in [1.29, 1.82) is 0 Å². The van der Waals surface area contributed by atoms with Crippen molar-refractivity contribution in [3.63, 3.8) is 0 Å². The Hall–Kier alpha value is -2.32. The number of nitrogens with one attached hydrogen (secondary N) is 1. The topological polar surface area (TPSA) is 102 Å². The molecule has 0 aliphatic carbocycles. The van der Waals surface area contributed by atoms with Gasteiger partial charge in [0, 0.05) is 31.1 Å². The summed E-state index contributed by atoms with van der Waals surface area (Å²) in [6.45, 7) is 0.153. The molecule has 0 aliphatic heterocycles. The summed E-state index contributed by atoms with van der Waals surface area (Å²) in [5, 5.41) is 10.7. The van der Waals surface area contributed by atoms with Gasteiger partial charge in [0.2, 0.25) is 10.0 Å². The van der Waals surface area contributed by atoms with Crippen LogP contribution in [0.25, 0.3) is 0 Å². The first-order valence-corrected chi connectivity index (χ1v) is 7.71. The molecule has 2 aromatic rings. The smallest absolute Gasteiger partial charge is 0.265 e. The normalized spacial score (nSPS) is 11.2. The lowest BCUT2D eigenvalue weighted by atomic mass is 10.2. The van der Waals surface area contributed by atoms with Gasteiger partial charge in [0.25, 0.3) is 5.69 Å². The van der Waals surface area contributed by atoms with E-state index in [1.807, 2.05) is 0 Å². The third-order valence-corrected chi connectivity index (χ3v) is 4.02. The lowest BCUT2D eigenvalue weighted by Gasteiger charge is -2.06. The molecule has 1 heterocycles. The zero-order valence-corrected chi connectivity index (χ0v) is 11.8. The number of rotatable bonds is 6. The van der Waals surface area contributed by atoms with Gasteiger partial charge in [-0.15, -0.1) is 0 Å². The number of benzene rings is 1. The molecule has 21 heavy (non-hydrogen) atoms. The van der Waals surface area contributed by atoms with E-state index in [9.17, 15) is 18.5 Å². The van der Waals surface area contributed by atoms with Crippen LogP contribution in [0.2, 0.25) is 0 Å². The Labute approximate surface area is 121 Å². The van der Waals surface area contributed by atoms with E-state index >= 15 is 0 Å². The number of nitrogens with zero attached hydrogens (tertiary/aromatic N) is 2. The van der Waals surface area contributed by atoms with Gasteiger partial charge in [-0.05, 0) is 23.3 Å². The standard InChI is InChI=1S/C13H13N3O4S/c17-16(18)13-3-1-2-12(8-13)10-21(19,20)15-9-11-4-6-14-7-5-11/h1-8,15H,9-10H2. The number of hydrogen-bond acceptors (Lipinski definition) is 5. The van der Waals surface area contributed by atoms with Crippen LogP contribution in [0.4, 0.5) is 5.69 Å². The molecule has 0 radical (unpaired) electrons. The third-order valence-electron chi connectivity index (χ3n) is 2.72. The number of nitro groups is 1. The van der Waals surface area contributed by atoms with Crippen molar-refractivity contribution in [2.24, 2.45) is 0 Å². The number of sulfonamides is 1. The molecular formula is C13H13N3O4S. The Morgan fingerprint density at radius 2 is 1.86 bits per heavy atom. The SMILES string of the molecule is O=[N+]([O-])c1cccc(CS(=O)(=O)NCc2ccncc2)c1. The first-order valence-electron chi connectivity index (χ1n) is 6.06. The zero-order chi connectivity index (χ0) is 15.3. The van der Waals surface area contributed by atoms with Crippen LogP contribution in [0.1, 0.15) is 11.1 Å². The number of nitro benzene ring substituents is 1. The summed E-state index contributed by atoms with van der Waals surface area (Å²) in [6.07, 6.45) is 3.15. The van der Waals surface area contributed by atoms with E-state index in [2.05, 4.69) is 9.71 Å². The van der Waals surface area contributed by atoms with Crippen LogP contribution < -0.4 is 4.72 Å². The first kappa shape index (κ1) is 15.1. The van der Waals surface area contributed by atoms with Gasteiger partial charge >= 0.3 is 0 Å². The molecule has 0 unspecified atom stereocenters. The molecular weight excluding hydrogens is 294 g/mol. The largest absolute Gasteiger partial charge is 0.269 e. The Kier molecular flexibility index (Phi) is 4.61. The van der Waals surface area contributed by atoms with E-state index in [0.29, 0.717) is 5.56 Å². The molecule has 0 fully saturated rings. The van der Waals surface area contributed by atoms with Gasteiger partial charge in [-0.3, -0.25) is 15.1 Å². The minimum Gasteiger partial charge on any atom is -0.265 e. The quantitative estimate of drug-likeness (QED) is 0.645. The van der Waals surface area contributed by atoms with E-state index in [-0.39, 0.29) is 18.0 Å². The molecule has 0 amide bonds. The molecule has 7 nitrogen and oxygen atoms in total. The molecule has 110 valence electrons. The maximum absolute atomic E-state index is 12.0. The fraction of sp³-hybridized carbons (Fsp3) is 0.154. The monoisotopic (exact) mass is 307 g/mol. The van der Waals surface area contributed by atoms with Crippen molar-refractivity contribution in [3.05, 3.63) is 70.0 Å². The molecule has 1 aromatic carbocycles. The van der Waals surface area contributed by atoms with Crippen molar-refractivity contribution in [1.82, 2.24) is 9.71 Å². The molecule has 0 saturated carbocycles. The molecule has 1 aromatic heterocycles. The van der Waals surface area contributed by atoms with Crippen LogP contribution in [-0.2, 0) is 22.3 Å². The minimum absolute atomic E-state index is 0.128. The molecule has 0 spiro atoms. The summed E-state index contributed by atoms with van der Waals surface area (Å²) in [5.74, 6) is -0.306. The van der Waals surface area contributed by atoms with Crippen LogP contribution >= 0.6 is 0 Å². The number of hydrogen-bond donors (Lipinski definition) is 1. The van der Waals surface area contributed by atoms with E-state index < -0.39 is 14.9 Å². The van der Waals surface area contributed by atoms with Crippen LogP contribution in [0, 0.1) is 10.1 Å². The van der Waals surface area contributed by atoms with Crippen molar-refractivity contribution >= 4 is 15.7 Å². The van der Waals surface area contributed by atoms with E-state index in [1.165, 1.54) is 18.2 Å². The second-order valence-corrected chi connectivity index (χ2v) is 6.17. The van der Waals surface area contributed by atoms with Crippen LogP contribution in [-0.4, -0.2) is 18.3 Å². The maximum atomic E-state index is 12.0. The van der Waals surface area contributed by atoms with Gasteiger partial charge in [-0.1, -0.05) is 12.1 Å². The second kappa shape index (κ2) is 6.42.